The lowest BCUT2D eigenvalue weighted by molar-refractivity contribution is -0.111. The van der Waals surface area contributed by atoms with Gasteiger partial charge in [-0.15, -0.1) is 0 Å². The third-order valence-electron chi connectivity index (χ3n) is 4.18. The van der Waals surface area contributed by atoms with E-state index in [9.17, 15) is 14.4 Å². The monoisotopic (exact) mass is 400 g/mol. The van der Waals surface area contributed by atoms with Crippen molar-refractivity contribution in [3.63, 3.8) is 0 Å². The lowest BCUT2D eigenvalue weighted by Gasteiger charge is -2.08. The Hall–Kier alpha value is -4.19. The number of hydrogen-bond donors (Lipinski definition) is 2. The van der Waals surface area contributed by atoms with E-state index >= 15 is 0 Å². The standard InChI is InChI=1S/C24H20N2O4/c1-30-24(29)18-11-13-20(14-12-18)26-23(28)19-8-5-9-21(16-19)25-22(27)15-10-17-6-3-2-4-7-17/h2-16H,1H3,(H,25,27)(H,26,28)/b15-10+. The number of carbonyl (C=O) groups excluding carboxylic acids is 3. The number of rotatable bonds is 6. The van der Waals surface area contributed by atoms with Gasteiger partial charge in [-0.3, -0.25) is 9.59 Å². The number of anilines is 2. The molecule has 0 unspecified atom stereocenters. The van der Waals surface area contributed by atoms with E-state index in [-0.39, 0.29) is 11.8 Å². The van der Waals surface area contributed by atoms with Gasteiger partial charge in [0.25, 0.3) is 5.91 Å². The number of ether oxygens (including phenoxy) is 1. The number of amides is 2. The SMILES string of the molecule is COC(=O)c1ccc(NC(=O)c2cccc(NC(=O)/C=C/c3ccccc3)c2)cc1. The molecule has 0 aliphatic rings. The van der Waals surface area contributed by atoms with Crippen molar-refractivity contribution in [3.05, 3.63) is 102 Å². The van der Waals surface area contributed by atoms with Gasteiger partial charge in [0.05, 0.1) is 12.7 Å². The second-order valence-electron chi connectivity index (χ2n) is 6.34. The first-order valence-electron chi connectivity index (χ1n) is 9.19. The summed E-state index contributed by atoms with van der Waals surface area (Å²) in [7, 11) is 1.31. The van der Waals surface area contributed by atoms with Crippen LogP contribution in [-0.2, 0) is 9.53 Å². The Bertz CT molecular complexity index is 1070. The molecule has 0 spiro atoms. The Morgan fingerprint density at radius 2 is 1.50 bits per heavy atom. The molecule has 3 aromatic rings. The third kappa shape index (κ3) is 5.65. The Balaban J connectivity index is 1.63. The summed E-state index contributed by atoms with van der Waals surface area (Å²) in [4.78, 5) is 36.1. The van der Waals surface area contributed by atoms with Crippen LogP contribution in [0.25, 0.3) is 6.08 Å². The molecule has 0 bridgehead atoms. The molecular weight excluding hydrogens is 380 g/mol. The van der Waals surface area contributed by atoms with Gasteiger partial charge >= 0.3 is 5.97 Å². The van der Waals surface area contributed by atoms with Gasteiger partial charge in [-0.1, -0.05) is 36.4 Å². The predicted octanol–water partition coefficient (Wildman–Crippen LogP) is 4.38. The molecule has 0 aromatic heterocycles. The molecule has 0 atom stereocenters. The maximum Gasteiger partial charge on any atom is 0.337 e. The molecule has 30 heavy (non-hydrogen) atoms. The molecule has 0 saturated heterocycles. The Morgan fingerprint density at radius 1 is 0.767 bits per heavy atom. The molecule has 0 heterocycles. The van der Waals surface area contributed by atoms with E-state index < -0.39 is 5.97 Å². The van der Waals surface area contributed by atoms with Crippen LogP contribution in [0.4, 0.5) is 11.4 Å². The highest BCUT2D eigenvalue weighted by atomic mass is 16.5. The second kappa shape index (κ2) is 9.84. The first kappa shape index (κ1) is 20.5. The molecule has 6 nitrogen and oxygen atoms in total. The number of benzene rings is 3. The topological polar surface area (TPSA) is 84.5 Å². The summed E-state index contributed by atoms with van der Waals surface area (Å²) in [5.41, 5.74) is 2.74. The summed E-state index contributed by atoms with van der Waals surface area (Å²) in [5, 5.41) is 5.49. The van der Waals surface area contributed by atoms with Crippen molar-refractivity contribution < 1.29 is 19.1 Å². The van der Waals surface area contributed by atoms with Crippen molar-refractivity contribution in [2.45, 2.75) is 0 Å². The molecule has 0 aliphatic carbocycles. The van der Waals surface area contributed by atoms with Gasteiger partial charge in [-0.05, 0) is 54.1 Å². The Labute approximate surface area is 174 Å². The fourth-order valence-electron chi connectivity index (χ4n) is 2.67. The van der Waals surface area contributed by atoms with Crippen molar-refractivity contribution in [1.82, 2.24) is 0 Å². The number of hydrogen-bond acceptors (Lipinski definition) is 4. The van der Waals surface area contributed by atoms with Gasteiger partial charge < -0.3 is 15.4 Å². The molecule has 0 aliphatic heterocycles. The quantitative estimate of drug-likeness (QED) is 0.475. The number of esters is 1. The summed E-state index contributed by atoms with van der Waals surface area (Å²) in [6.45, 7) is 0. The maximum atomic E-state index is 12.5. The van der Waals surface area contributed by atoms with Gasteiger partial charge in [0, 0.05) is 23.0 Å². The zero-order valence-electron chi connectivity index (χ0n) is 16.3. The van der Waals surface area contributed by atoms with Crippen LogP contribution in [0.5, 0.6) is 0 Å². The van der Waals surface area contributed by atoms with Crippen LogP contribution in [0.3, 0.4) is 0 Å². The predicted molar refractivity (Wildman–Crippen MR) is 116 cm³/mol. The van der Waals surface area contributed by atoms with Crippen molar-refractivity contribution in [3.8, 4) is 0 Å². The van der Waals surface area contributed by atoms with E-state index in [1.54, 1.807) is 54.6 Å². The van der Waals surface area contributed by atoms with E-state index in [4.69, 9.17) is 0 Å². The van der Waals surface area contributed by atoms with Crippen LogP contribution in [0, 0.1) is 0 Å². The van der Waals surface area contributed by atoms with E-state index in [0.29, 0.717) is 22.5 Å². The summed E-state index contributed by atoms with van der Waals surface area (Å²) in [5.74, 6) is -1.08. The largest absolute Gasteiger partial charge is 0.465 e. The fraction of sp³-hybridized carbons (Fsp3) is 0.0417. The van der Waals surface area contributed by atoms with Crippen LogP contribution in [0.15, 0.2) is 84.9 Å². The van der Waals surface area contributed by atoms with Crippen LogP contribution in [0.1, 0.15) is 26.3 Å². The first-order chi connectivity index (χ1) is 14.5. The van der Waals surface area contributed by atoms with Crippen molar-refractivity contribution >= 4 is 35.2 Å². The van der Waals surface area contributed by atoms with Crippen LogP contribution in [0.2, 0.25) is 0 Å². The molecule has 150 valence electrons. The average molecular weight is 400 g/mol. The Morgan fingerprint density at radius 3 is 2.20 bits per heavy atom. The van der Waals surface area contributed by atoms with Gasteiger partial charge in [-0.25, -0.2) is 4.79 Å². The number of nitrogens with one attached hydrogen (secondary N) is 2. The Kier molecular flexibility index (Phi) is 6.74. The number of methoxy groups -OCH3 is 1. The van der Waals surface area contributed by atoms with Gasteiger partial charge in [0.2, 0.25) is 5.91 Å². The highest BCUT2D eigenvalue weighted by Gasteiger charge is 2.09. The summed E-state index contributed by atoms with van der Waals surface area (Å²) >= 11 is 0. The summed E-state index contributed by atoms with van der Waals surface area (Å²) < 4.78 is 4.65. The van der Waals surface area contributed by atoms with Crippen molar-refractivity contribution in [2.75, 3.05) is 17.7 Å². The smallest absolute Gasteiger partial charge is 0.337 e. The molecule has 3 aromatic carbocycles. The highest BCUT2D eigenvalue weighted by Crippen LogP contribution is 2.15. The van der Waals surface area contributed by atoms with Crippen molar-refractivity contribution in [2.24, 2.45) is 0 Å². The van der Waals surface area contributed by atoms with Gasteiger partial charge in [-0.2, -0.15) is 0 Å². The average Bonchev–Trinajstić information content (AvgIpc) is 2.78. The van der Waals surface area contributed by atoms with E-state index in [1.165, 1.54) is 13.2 Å². The lowest BCUT2D eigenvalue weighted by Crippen LogP contribution is -2.13. The van der Waals surface area contributed by atoms with E-state index in [0.717, 1.165) is 5.56 Å². The van der Waals surface area contributed by atoms with E-state index in [2.05, 4.69) is 15.4 Å². The van der Waals surface area contributed by atoms with Crippen molar-refractivity contribution in [1.29, 1.82) is 0 Å². The molecule has 0 radical (unpaired) electrons. The lowest BCUT2D eigenvalue weighted by atomic mass is 10.1. The minimum absolute atomic E-state index is 0.296. The molecule has 0 saturated carbocycles. The minimum atomic E-state index is -0.447. The van der Waals surface area contributed by atoms with Crippen LogP contribution >= 0.6 is 0 Å². The van der Waals surface area contributed by atoms with Gasteiger partial charge in [0.15, 0.2) is 0 Å². The molecule has 2 N–H and O–H groups in total. The first-order valence-corrected chi connectivity index (χ1v) is 9.19. The number of carbonyl (C=O) groups is 3. The molecule has 3 rings (SSSR count). The summed E-state index contributed by atoms with van der Waals surface area (Å²) in [6.07, 6.45) is 3.15. The van der Waals surface area contributed by atoms with E-state index in [1.807, 2.05) is 30.3 Å². The zero-order valence-corrected chi connectivity index (χ0v) is 16.3. The van der Waals surface area contributed by atoms with Crippen LogP contribution < -0.4 is 10.6 Å². The normalized spacial score (nSPS) is 10.4. The minimum Gasteiger partial charge on any atom is -0.465 e. The fourth-order valence-corrected chi connectivity index (χ4v) is 2.67. The summed E-state index contributed by atoms with van der Waals surface area (Å²) in [6, 6.07) is 22.5. The third-order valence-corrected chi connectivity index (χ3v) is 4.18. The molecule has 6 heteroatoms. The highest BCUT2D eigenvalue weighted by molar-refractivity contribution is 6.06. The van der Waals surface area contributed by atoms with Gasteiger partial charge in [0.1, 0.15) is 0 Å². The second-order valence-corrected chi connectivity index (χ2v) is 6.34. The zero-order chi connectivity index (χ0) is 21.3. The maximum absolute atomic E-state index is 12.5. The molecule has 2 amide bonds. The molecule has 0 fully saturated rings. The van der Waals surface area contributed by atoms with Crippen LogP contribution in [-0.4, -0.2) is 24.9 Å². The molecular formula is C24H20N2O4.